The third-order valence-electron chi connectivity index (χ3n) is 5.79. The van der Waals surface area contributed by atoms with E-state index in [0.29, 0.717) is 31.8 Å². The predicted octanol–water partition coefficient (Wildman–Crippen LogP) is 4.08. The van der Waals surface area contributed by atoms with Gasteiger partial charge in [0.2, 0.25) is 0 Å². The van der Waals surface area contributed by atoms with Gasteiger partial charge in [-0.25, -0.2) is 9.78 Å². The molecule has 1 amide bonds. The van der Waals surface area contributed by atoms with Crippen LogP contribution in [0.4, 0.5) is 5.82 Å². The summed E-state index contributed by atoms with van der Waals surface area (Å²) in [6, 6.07) is 7.54. The van der Waals surface area contributed by atoms with Gasteiger partial charge in [0.1, 0.15) is 10.8 Å². The highest BCUT2D eigenvalue weighted by Gasteiger charge is 2.27. The maximum absolute atomic E-state index is 13.6. The molecule has 0 spiro atoms. The first-order valence-electron chi connectivity index (χ1n) is 10.9. The second-order valence-corrected chi connectivity index (χ2v) is 9.02. The van der Waals surface area contributed by atoms with Crippen molar-refractivity contribution >= 4 is 29.0 Å². The van der Waals surface area contributed by atoms with E-state index in [4.69, 9.17) is 4.74 Å². The van der Waals surface area contributed by atoms with Gasteiger partial charge in [-0.1, -0.05) is 0 Å². The summed E-state index contributed by atoms with van der Waals surface area (Å²) in [5.74, 6) is 0.532. The third-order valence-corrected chi connectivity index (χ3v) is 7.01. The minimum atomic E-state index is -0.362. The van der Waals surface area contributed by atoms with Gasteiger partial charge in [0.05, 0.1) is 17.7 Å². The fourth-order valence-electron chi connectivity index (χ4n) is 3.93. The van der Waals surface area contributed by atoms with E-state index < -0.39 is 0 Å². The smallest absolute Gasteiger partial charge is 0.339 e. The van der Waals surface area contributed by atoms with Crippen molar-refractivity contribution in [3.63, 3.8) is 0 Å². The fraction of sp³-hybridized carbons (Fsp3) is 0.375. The molecule has 1 fully saturated rings. The molecule has 0 atom stereocenters. The molecule has 4 heterocycles. The molecular formula is C24H28N4O3S. The van der Waals surface area contributed by atoms with Gasteiger partial charge < -0.3 is 19.1 Å². The Labute approximate surface area is 192 Å². The van der Waals surface area contributed by atoms with Crippen molar-refractivity contribution < 1.29 is 14.3 Å². The van der Waals surface area contributed by atoms with Gasteiger partial charge in [0.25, 0.3) is 5.91 Å². The molecule has 0 radical (unpaired) electrons. The summed E-state index contributed by atoms with van der Waals surface area (Å²) in [7, 11) is 0. The second-order valence-electron chi connectivity index (χ2n) is 7.81. The number of pyridine rings is 1. The van der Waals surface area contributed by atoms with E-state index in [-0.39, 0.29) is 11.9 Å². The van der Waals surface area contributed by atoms with Crippen LogP contribution in [-0.2, 0) is 4.74 Å². The normalized spacial score (nSPS) is 14.3. The molecule has 0 unspecified atom stereocenters. The molecule has 168 valence electrons. The van der Waals surface area contributed by atoms with Crippen LogP contribution in [0.25, 0.3) is 5.00 Å². The summed E-state index contributed by atoms with van der Waals surface area (Å²) in [4.78, 5) is 35.2. The molecule has 8 heteroatoms. The molecule has 4 rings (SSSR count). The number of nitrogens with zero attached hydrogens (tertiary/aromatic N) is 4. The Balaban J connectivity index is 1.48. The topological polar surface area (TPSA) is 67.7 Å². The molecule has 3 aromatic heterocycles. The number of hydrogen-bond acceptors (Lipinski definition) is 6. The van der Waals surface area contributed by atoms with Crippen molar-refractivity contribution in [1.82, 2.24) is 14.5 Å². The zero-order valence-corrected chi connectivity index (χ0v) is 19.5. The van der Waals surface area contributed by atoms with Gasteiger partial charge in [-0.05, 0) is 57.0 Å². The van der Waals surface area contributed by atoms with Crippen LogP contribution in [0.5, 0.6) is 0 Å². The number of aryl methyl sites for hydroxylation is 1. The van der Waals surface area contributed by atoms with E-state index in [2.05, 4.69) is 16.8 Å². The van der Waals surface area contributed by atoms with Gasteiger partial charge in [-0.3, -0.25) is 4.79 Å². The van der Waals surface area contributed by atoms with E-state index in [1.807, 2.05) is 47.0 Å². The van der Waals surface area contributed by atoms with E-state index in [1.165, 1.54) is 4.88 Å². The molecule has 1 saturated heterocycles. The Kier molecular flexibility index (Phi) is 6.60. The largest absolute Gasteiger partial charge is 0.462 e. The van der Waals surface area contributed by atoms with Gasteiger partial charge >= 0.3 is 5.97 Å². The van der Waals surface area contributed by atoms with E-state index in [1.54, 1.807) is 30.5 Å². The van der Waals surface area contributed by atoms with Crippen LogP contribution >= 0.6 is 11.3 Å². The van der Waals surface area contributed by atoms with Crippen molar-refractivity contribution in [3.8, 4) is 5.00 Å². The van der Waals surface area contributed by atoms with E-state index in [0.717, 1.165) is 34.9 Å². The summed E-state index contributed by atoms with van der Waals surface area (Å²) in [6.45, 7) is 9.05. The van der Waals surface area contributed by atoms with Crippen LogP contribution in [0.1, 0.15) is 44.5 Å². The van der Waals surface area contributed by atoms with Crippen molar-refractivity contribution in [1.29, 1.82) is 0 Å². The summed E-state index contributed by atoms with van der Waals surface area (Å²) >= 11 is 1.66. The lowest BCUT2D eigenvalue weighted by molar-refractivity contribution is 0.0525. The van der Waals surface area contributed by atoms with Gasteiger partial charge in [0, 0.05) is 49.6 Å². The Hall–Kier alpha value is -3.13. The molecule has 1 aliphatic heterocycles. The van der Waals surface area contributed by atoms with Crippen LogP contribution in [0.2, 0.25) is 0 Å². The zero-order chi connectivity index (χ0) is 22.7. The Morgan fingerprint density at radius 2 is 1.88 bits per heavy atom. The van der Waals surface area contributed by atoms with Gasteiger partial charge in [-0.2, -0.15) is 0 Å². The molecule has 0 aliphatic carbocycles. The molecule has 1 aliphatic rings. The van der Waals surface area contributed by atoms with Crippen molar-refractivity contribution in [2.24, 2.45) is 0 Å². The lowest BCUT2D eigenvalue weighted by Crippen LogP contribution is -2.36. The first-order valence-corrected chi connectivity index (χ1v) is 11.7. The van der Waals surface area contributed by atoms with Crippen molar-refractivity contribution in [3.05, 3.63) is 64.4 Å². The second kappa shape index (κ2) is 9.56. The fourth-order valence-corrected chi connectivity index (χ4v) is 5.04. The lowest BCUT2D eigenvalue weighted by Gasteiger charge is -2.23. The average Bonchev–Trinajstić information content (AvgIpc) is 3.35. The lowest BCUT2D eigenvalue weighted by atomic mass is 10.1. The summed E-state index contributed by atoms with van der Waals surface area (Å²) in [5, 5.41) is 0.979. The van der Waals surface area contributed by atoms with Crippen LogP contribution < -0.4 is 4.90 Å². The number of aromatic nitrogens is 2. The molecule has 32 heavy (non-hydrogen) atoms. The predicted molar refractivity (Wildman–Crippen MR) is 126 cm³/mol. The SMILES string of the molecule is CCOC(=O)c1ccc(N2CCCN(C(=O)c3c(-n4cccc4)sc(C)c3C)CC2)nc1. The van der Waals surface area contributed by atoms with Crippen LogP contribution in [-0.4, -0.2) is 59.1 Å². The Morgan fingerprint density at radius 3 is 2.56 bits per heavy atom. The Bertz CT molecular complexity index is 1090. The zero-order valence-electron chi connectivity index (χ0n) is 18.7. The highest BCUT2D eigenvalue weighted by Crippen LogP contribution is 2.32. The number of carbonyl (C=O) groups excluding carboxylic acids is 2. The number of ether oxygens (including phenoxy) is 1. The number of esters is 1. The highest BCUT2D eigenvalue weighted by atomic mass is 32.1. The van der Waals surface area contributed by atoms with Crippen molar-refractivity contribution in [2.45, 2.75) is 27.2 Å². The van der Waals surface area contributed by atoms with E-state index in [9.17, 15) is 9.59 Å². The van der Waals surface area contributed by atoms with Crippen LogP contribution in [0.3, 0.4) is 0 Å². The number of carbonyl (C=O) groups is 2. The Morgan fingerprint density at radius 1 is 1.09 bits per heavy atom. The summed E-state index contributed by atoms with van der Waals surface area (Å²) in [5.41, 5.74) is 2.30. The number of anilines is 1. The molecular weight excluding hydrogens is 424 g/mol. The van der Waals surface area contributed by atoms with E-state index >= 15 is 0 Å². The van der Waals surface area contributed by atoms with Crippen molar-refractivity contribution in [2.75, 3.05) is 37.7 Å². The minimum Gasteiger partial charge on any atom is -0.462 e. The first-order chi connectivity index (χ1) is 15.5. The molecule has 0 aromatic carbocycles. The third kappa shape index (κ3) is 4.41. The molecule has 7 nitrogen and oxygen atoms in total. The number of rotatable bonds is 5. The molecule has 0 bridgehead atoms. The molecule has 0 saturated carbocycles. The monoisotopic (exact) mass is 452 g/mol. The molecule has 0 N–H and O–H groups in total. The number of thiophene rings is 1. The average molecular weight is 453 g/mol. The highest BCUT2D eigenvalue weighted by molar-refractivity contribution is 7.15. The first kappa shape index (κ1) is 22.1. The van der Waals surface area contributed by atoms with Gasteiger partial charge in [0.15, 0.2) is 0 Å². The summed E-state index contributed by atoms with van der Waals surface area (Å²) in [6.07, 6.45) is 6.38. The van der Waals surface area contributed by atoms with Gasteiger partial charge in [-0.15, -0.1) is 11.3 Å². The quantitative estimate of drug-likeness (QED) is 0.546. The maximum Gasteiger partial charge on any atom is 0.339 e. The van der Waals surface area contributed by atoms with Crippen LogP contribution in [0, 0.1) is 13.8 Å². The van der Waals surface area contributed by atoms with Crippen LogP contribution in [0.15, 0.2) is 42.9 Å². The summed E-state index contributed by atoms with van der Waals surface area (Å²) < 4.78 is 7.05. The maximum atomic E-state index is 13.6. The number of hydrogen-bond donors (Lipinski definition) is 0. The molecule has 3 aromatic rings. The standard InChI is InChI=1S/C24H28N4O3S/c1-4-31-24(30)19-8-9-20(25-16-19)26-12-7-13-27(15-14-26)22(29)21-17(2)18(3)32-23(21)28-10-5-6-11-28/h5-6,8-11,16H,4,7,12-15H2,1-3H3. The number of amides is 1. The minimum absolute atomic E-state index is 0.0861.